The summed E-state index contributed by atoms with van der Waals surface area (Å²) in [6.45, 7) is 1.74. The van der Waals surface area contributed by atoms with Gasteiger partial charge in [0.15, 0.2) is 0 Å². The fraction of sp³-hybridized carbons (Fsp3) is 0.263. The second kappa shape index (κ2) is 9.05. The number of likely N-dealkylation sites (N-methyl/N-ethyl adjacent to an activating group) is 1. The molecule has 0 aliphatic heterocycles. The molecule has 0 aliphatic carbocycles. The number of anilines is 1. The van der Waals surface area contributed by atoms with Gasteiger partial charge in [-0.25, -0.2) is 4.39 Å². The lowest BCUT2D eigenvalue weighted by atomic mass is 10.1. The van der Waals surface area contributed by atoms with Gasteiger partial charge in [0.05, 0.1) is 11.0 Å². The summed E-state index contributed by atoms with van der Waals surface area (Å²) in [6, 6.07) is 9.58. The number of carbonyl (C=O) groups is 2. The predicted octanol–water partition coefficient (Wildman–Crippen LogP) is 2.40. The monoisotopic (exact) mass is 388 g/mol. The molecule has 8 nitrogen and oxygen atoms in total. The van der Waals surface area contributed by atoms with E-state index < -0.39 is 16.7 Å². The summed E-state index contributed by atoms with van der Waals surface area (Å²) in [5.41, 5.74) is 1.47. The molecule has 2 N–H and O–H groups in total. The molecule has 0 radical (unpaired) electrons. The molecule has 1 atom stereocenters. The number of rotatable bonds is 6. The van der Waals surface area contributed by atoms with Crippen LogP contribution in [0.3, 0.4) is 0 Å². The van der Waals surface area contributed by atoms with Crippen LogP contribution >= 0.6 is 0 Å². The molecule has 0 fully saturated rings. The van der Waals surface area contributed by atoms with E-state index in [-0.39, 0.29) is 24.1 Å². The van der Waals surface area contributed by atoms with Crippen LogP contribution in [0.2, 0.25) is 0 Å². The Morgan fingerprint density at radius 2 is 1.79 bits per heavy atom. The molecule has 2 rings (SSSR count). The second-order valence-corrected chi connectivity index (χ2v) is 6.45. The second-order valence-electron chi connectivity index (χ2n) is 6.45. The van der Waals surface area contributed by atoms with E-state index >= 15 is 0 Å². The lowest BCUT2D eigenvalue weighted by Crippen LogP contribution is -2.40. The number of halogens is 1. The molecule has 0 unspecified atom stereocenters. The van der Waals surface area contributed by atoms with Crippen molar-refractivity contribution < 1.29 is 18.9 Å². The van der Waals surface area contributed by atoms with Crippen molar-refractivity contribution >= 4 is 23.2 Å². The molecule has 0 heterocycles. The minimum Gasteiger partial charge on any atom is -0.346 e. The van der Waals surface area contributed by atoms with E-state index in [1.54, 1.807) is 33.2 Å². The van der Waals surface area contributed by atoms with E-state index in [0.29, 0.717) is 11.3 Å². The smallest absolute Gasteiger partial charge is 0.313 e. The minimum absolute atomic E-state index is 0.104. The average Bonchev–Trinajstić information content (AvgIpc) is 2.64. The van der Waals surface area contributed by atoms with Gasteiger partial charge in [-0.1, -0.05) is 12.1 Å². The van der Waals surface area contributed by atoms with Gasteiger partial charge in [0.1, 0.15) is 5.82 Å². The van der Waals surface area contributed by atoms with Gasteiger partial charge in [0.25, 0.3) is 5.69 Å². The van der Waals surface area contributed by atoms with Gasteiger partial charge in [-0.2, -0.15) is 0 Å². The fourth-order valence-corrected chi connectivity index (χ4v) is 2.63. The van der Waals surface area contributed by atoms with E-state index in [0.717, 1.165) is 5.56 Å². The van der Waals surface area contributed by atoms with Crippen molar-refractivity contribution in [3.05, 3.63) is 69.5 Å². The Morgan fingerprint density at radius 1 is 1.14 bits per heavy atom. The number of nitro benzene ring substituents is 1. The summed E-state index contributed by atoms with van der Waals surface area (Å²) < 4.78 is 13.1. The predicted molar refractivity (Wildman–Crippen MR) is 102 cm³/mol. The number of carbonyl (C=O) groups excluding carboxylic acids is 2. The Labute approximate surface area is 161 Å². The number of hydrogen-bond acceptors (Lipinski definition) is 5. The zero-order valence-electron chi connectivity index (χ0n) is 15.7. The maximum atomic E-state index is 13.1. The highest BCUT2D eigenvalue weighted by Gasteiger charge is 2.20. The summed E-state index contributed by atoms with van der Waals surface area (Å²) in [7, 11) is 3.61. The summed E-state index contributed by atoms with van der Waals surface area (Å²) in [4.78, 5) is 36.3. The quantitative estimate of drug-likeness (QED) is 0.449. The van der Waals surface area contributed by atoms with Gasteiger partial charge in [-0.05, 0) is 50.3 Å². The first-order chi connectivity index (χ1) is 13.2. The molecular weight excluding hydrogens is 367 g/mol. The van der Waals surface area contributed by atoms with Gasteiger partial charge in [-0.15, -0.1) is 0 Å². The van der Waals surface area contributed by atoms with Crippen LogP contribution in [-0.4, -0.2) is 42.3 Å². The van der Waals surface area contributed by atoms with Gasteiger partial charge in [0.2, 0.25) is 0 Å². The number of nitrogens with one attached hydrogen (secondary N) is 2. The highest BCUT2D eigenvalue weighted by Crippen LogP contribution is 2.21. The maximum Gasteiger partial charge on any atom is 0.313 e. The van der Waals surface area contributed by atoms with Crippen molar-refractivity contribution in [3.63, 3.8) is 0 Å². The molecule has 0 aromatic heterocycles. The molecule has 0 saturated heterocycles. The highest BCUT2D eigenvalue weighted by atomic mass is 19.1. The van der Waals surface area contributed by atoms with Crippen LogP contribution in [0.4, 0.5) is 15.8 Å². The minimum atomic E-state index is -0.881. The first-order valence-corrected chi connectivity index (χ1v) is 8.45. The first-order valence-electron chi connectivity index (χ1n) is 8.45. The van der Waals surface area contributed by atoms with Crippen LogP contribution in [0.1, 0.15) is 17.2 Å². The Balaban J connectivity index is 2.00. The summed E-state index contributed by atoms with van der Waals surface area (Å²) in [5, 5.41) is 15.8. The zero-order valence-corrected chi connectivity index (χ0v) is 15.7. The molecule has 148 valence electrons. The standard InChI is InChI=1S/C19H21FN4O4/c1-12-10-15(24(27)28)8-9-16(12)22-19(26)18(25)21-11-17(23(2)3)13-4-6-14(20)7-5-13/h4-10,17H,11H2,1-3H3,(H,21,25)(H,22,26)/t17-/m0/s1. The van der Waals surface area contributed by atoms with Crippen molar-refractivity contribution in [1.29, 1.82) is 0 Å². The normalized spacial score (nSPS) is 11.8. The number of aryl methyl sites for hydroxylation is 1. The number of non-ortho nitro benzene ring substituents is 1. The molecule has 9 heteroatoms. The van der Waals surface area contributed by atoms with E-state index in [1.165, 1.54) is 30.3 Å². The van der Waals surface area contributed by atoms with Crippen molar-refractivity contribution in [1.82, 2.24) is 10.2 Å². The largest absolute Gasteiger partial charge is 0.346 e. The number of nitro groups is 1. The van der Waals surface area contributed by atoms with Gasteiger partial charge < -0.3 is 15.5 Å². The zero-order chi connectivity index (χ0) is 20.8. The SMILES string of the molecule is Cc1cc([N+](=O)[O-])ccc1NC(=O)C(=O)NC[C@@H](c1ccc(F)cc1)N(C)C. The topological polar surface area (TPSA) is 105 Å². The van der Waals surface area contributed by atoms with E-state index in [2.05, 4.69) is 10.6 Å². The van der Waals surface area contributed by atoms with Crippen LogP contribution < -0.4 is 10.6 Å². The van der Waals surface area contributed by atoms with Gasteiger partial charge in [0, 0.05) is 24.4 Å². The molecule has 0 aliphatic rings. The number of nitrogens with zero attached hydrogens (tertiary/aromatic N) is 2. The van der Waals surface area contributed by atoms with Crippen molar-refractivity contribution in [2.24, 2.45) is 0 Å². The first kappa shape index (κ1) is 21.0. The Hall–Kier alpha value is -3.33. The van der Waals surface area contributed by atoms with Crippen LogP contribution in [0.5, 0.6) is 0 Å². The highest BCUT2D eigenvalue weighted by molar-refractivity contribution is 6.39. The lowest BCUT2D eigenvalue weighted by molar-refractivity contribution is -0.384. The number of hydrogen-bond donors (Lipinski definition) is 2. The third-order valence-corrected chi connectivity index (χ3v) is 4.21. The average molecular weight is 388 g/mol. The van der Waals surface area contributed by atoms with Gasteiger partial charge >= 0.3 is 11.8 Å². The number of benzene rings is 2. The van der Waals surface area contributed by atoms with Crippen molar-refractivity contribution in [2.45, 2.75) is 13.0 Å². The van der Waals surface area contributed by atoms with Crippen molar-refractivity contribution in [2.75, 3.05) is 26.0 Å². The molecule has 28 heavy (non-hydrogen) atoms. The molecule has 2 amide bonds. The van der Waals surface area contributed by atoms with Gasteiger partial charge in [-0.3, -0.25) is 19.7 Å². The number of amides is 2. The van der Waals surface area contributed by atoms with Crippen LogP contribution in [0.15, 0.2) is 42.5 Å². The summed E-state index contributed by atoms with van der Waals surface area (Å²) >= 11 is 0. The molecule has 2 aromatic carbocycles. The molecule has 2 aromatic rings. The third-order valence-electron chi connectivity index (χ3n) is 4.21. The van der Waals surface area contributed by atoms with E-state index in [1.807, 2.05) is 4.90 Å². The Kier molecular flexibility index (Phi) is 6.78. The van der Waals surface area contributed by atoms with Crippen LogP contribution in [-0.2, 0) is 9.59 Å². The summed E-state index contributed by atoms with van der Waals surface area (Å²) in [6.07, 6.45) is 0. The van der Waals surface area contributed by atoms with Crippen molar-refractivity contribution in [3.8, 4) is 0 Å². The lowest BCUT2D eigenvalue weighted by Gasteiger charge is -2.25. The Morgan fingerprint density at radius 3 is 2.32 bits per heavy atom. The molecular formula is C19H21FN4O4. The Bertz CT molecular complexity index is 884. The van der Waals surface area contributed by atoms with Crippen LogP contribution in [0.25, 0.3) is 0 Å². The maximum absolute atomic E-state index is 13.1. The third kappa shape index (κ3) is 5.34. The molecule has 0 bridgehead atoms. The van der Waals surface area contributed by atoms with Crippen LogP contribution in [0, 0.1) is 22.9 Å². The summed E-state index contributed by atoms with van der Waals surface area (Å²) in [5.74, 6) is -2.08. The fourth-order valence-electron chi connectivity index (χ4n) is 2.63. The molecule has 0 saturated carbocycles. The molecule has 0 spiro atoms. The van der Waals surface area contributed by atoms with E-state index in [9.17, 15) is 24.1 Å². The van der Waals surface area contributed by atoms with E-state index in [4.69, 9.17) is 0 Å².